The van der Waals surface area contributed by atoms with E-state index in [-0.39, 0.29) is 16.7 Å². The van der Waals surface area contributed by atoms with Crippen LogP contribution in [0.15, 0.2) is 36.7 Å². The van der Waals surface area contributed by atoms with E-state index in [0.717, 1.165) is 34.0 Å². The van der Waals surface area contributed by atoms with Gasteiger partial charge in [0.2, 0.25) is 5.91 Å². The quantitative estimate of drug-likeness (QED) is 0.702. The normalized spacial score (nSPS) is 17.0. The second-order valence-corrected chi connectivity index (χ2v) is 8.79. The Bertz CT molecular complexity index is 1000. The van der Waals surface area contributed by atoms with Crippen molar-refractivity contribution in [3.8, 4) is 17.0 Å². The molecule has 0 unspecified atom stereocenters. The number of ether oxygens (including phenoxy) is 1. The number of nitrogens with zero attached hydrogens (tertiary/aromatic N) is 3. The fourth-order valence-corrected chi connectivity index (χ4v) is 4.44. The standard InChI is InChI=1S/C20H23N5O2S/c1-20(2,3)25-19-15(10-22-25)18(28-11-16(26)23-19)14-9-21-24-17(14)12-5-7-13(27-4)8-6-12/h5-10,18H,11H2,1-4H3,(H,21,24)(H,23,26)/t18-/m0/s1. The third-order valence-electron chi connectivity index (χ3n) is 4.68. The molecule has 0 aliphatic carbocycles. The molecule has 146 valence electrons. The third-order valence-corrected chi connectivity index (χ3v) is 5.95. The van der Waals surface area contributed by atoms with E-state index in [1.807, 2.05) is 41.3 Å². The molecule has 0 fully saturated rings. The van der Waals surface area contributed by atoms with E-state index in [4.69, 9.17) is 4.74 Å². The Hall–Kier alpha value is -2.74. The summed E-state index contributed by atoms with van der Waals surface area (Å²) < 4.78 is 7.14. The molecule has 1 aliphatic rings. The van der Waals surface area contributed by atoms with Gasteiger partial charge >= 0.3 is 0 Å². The van der Waals surface area contributed by atoms with Gasteiger partial charge in [-0.05, 0) is 45.0 Å². The molecule has 3 heterocycles. The van der Waals surface area contributed by atoms with Crippen LogP contribution in [-0.2, 0) is 10.3 Å². The summed E-state index contributed by atoms with van der Waals surface area (Å²) in [6.45, 7) is 6.21. The summed E-state index contributed by atoms with van der Waals surface area (Å²) in [4.78, 5) is 12.4. The average molecular weight is 398 g/mol. The van der Waals surface area contributed by atoms with Crippen molar-refractivity contribution in [2.24, 2.45) is 0 Å². The highest BCUT2D eigenvalue weighted by Gasteiger charge is 2.32. The maximum Gasteiger partial charge on any atom is 0.235 e. The molecule has 1 aromatic carbocycles. The summed E-state index contributed by atoms with van der Waals surface area (Å²) in [6.07, 6.45) is 3.69. The van der Waals surface area contributed by atoms with Gasteiger partial charge in [-0.25, -0.2) is 4.68 Å². The first kappa shape index (κ1) is 18.6. The minimum Gasteiger partial charge on any atom is -0.497 e. The van der Waals surface area contributed by atoms with E-state index in [1.54, 1.807) is 18.9 Å². The molecule has 0 saturated carbocycles. The topological polar surface area (TPSA) is 84.8 Å². The van der Waals surface area contributed by atoms with E-state index in [2.05, 4.69) is 41.4 Å². The molecular formula is C20H23N5O2S. The van der Waals surface area contributed by atoms with Crippen LogP contribution in [0.2, 0.25) is 0 Å². The number of thioether (sulfide) groups is 1. The molecule has 1 atom stereocenters. The van der Waals surface area contributed by atoms with Crippen LogP contribution >= 0.6 is 11.8 Å². The Morgan fingerprint density at radius 3 is 2.61 bits per heavy atom. The van der Waals surface area contributed by atoms with Crippen LogP contribution in [0.4, 0.5) is 5.82 Å². The zero-order valence-electron chi connectivity index (χ0n) is 16.3. The number of hydrogen-bond donors (Lipinski definition) is 2. The number of rotatable bonds is 3. The largest absolute Gasteiger partial charge is 0.497 e. The van der Waals surface area contributed by atoms with Crippen molar-refractivity contribution in [3.63, 3.8) is 0 Å². The lowest BCUT2D eigenvalue weighted by molar-refractivity contribution is -0.113. The summed E-state index contributed by atoms with van der Waals surface area (Å²) in [7, 11) is 1.65. The Balaban J connectivity index is 1.80. The molecule has 3 aromatic rings. The van der Waals surface area contributed by atoms with Gasteiger partial charge in [0.1, 0.15) is 11.6 Å². The van der Waals surface area contributed by atoms with Gasteiger partial charge in [0.25, 0.3) is 0 Å². The SMILES string of the molecule is COc1ccc(-c2[nH]ncc2[C@@H]2SCC(=O)Nc3c2cnn3C(C)(C)C)cc1. The van der Waals surface area contributed by atoms with Crippen molar-refractivity contribution < 1.29 is 9.53 Å². The molecule has 8 heteroatoms. The van der Waals surface area contributed by atoms with E-state index in [0.29, 0.717) is 5.75 Å². The minimum atomic E-state index is -0.240. The zero-order chi connectivity index (χ0) is 19.9. The molecule has 4 rings (SSSR count). The van der Waals surface area contributed by atoms with Crippen molar-refractivity contribution in [3.05, 3.63) is 47.8 Å². The van der Waals surface area contributed by atoms with Crippen molar-refractivity contribution in [2.45, 2.75) is 31.6 Å². The summed E-state index contributed by atoms with van der Waals surface area (Å²) in [5.74, 6) is 1.91. The number of fused-ring (bicyclic) bond motifs is 1. The lowest BCUT2D eigenvalue weighted by Crippen LogP contribution is -2.27. The number of anilines is 1. The highest BCUT2D eigenvalue weighted by Crippen LogP contribution is 2.45. The van der Waals surface area contributed by atoms with Gasteiger partial charge in [0, 0.05) is 16.7 Å². The number of carbonyl (C=O) groups excluding carboxylic acids is 1. The first-order chi connectivity index (χ1) is 13.4. The average Bonchev–Trinajstić information content (AvgIpc) is 3.27. The molecule has 7 nitrogen and oxygen atoms in total. The summed E-state index contributed by atoms with van der Waals surface area (Å²) in [5, 5.41) is 15.0. The molecule has 0 saturated heterocycles. The van der Waals surface area contributed by atoms with Gasteiger partial charge in [-0.15, -0.1) is 11.8 Å². The summed E-state index contributed by atoms with van der Waals surface area (Å²) in [5.41, 5.74) is 3.73. The van der Waals surface area contributed by atoms with Crippen LogP contribution < -0.4 is 10.1 Å². The molecule has 0 radical (unpaired) electrons. The second-order valence-electron chi connectivity index (χ2n) is 7.70. The Morgan fingerprint density at radius 1 is 1.18 bits per heavy atom. The number of benzene rings is 1. The lowest BCUT2D eigenvalue weighted by Gasteiger charge is -2.23. The fourth-order valence-electron chi connectivity index (χ4n) is 3.34. The third kappa shape index (κ3) is 3.28. The van der Waals surface area contributed by atoms with E-state index >= 15 is 0 Å². The van der Waals surface area contributed by atoms with Crippen LogP contribution in [-0.4, -0.2) is 38.7 Å². The molecule has 1 amide bonds. The van der Waals surface area contributed by atoms with E-state index < -0.39 is 0 Å². The van der Waals surface area contributed by atoms with Crippen LogP contribution in [0.5, 0.6) is 5.75 Å². The van der Waals surface area contributed by atoms with Gasteiger partial charge in [0.05, 0.1) is 41.7 Å². The molecular weight excluding hydrogens is 374 g/mol. The predicted octanol–water partition coefficient (Wildman–Crippen LogP) is 3.81. The number of aromatic amines is 1. The number of carbonyl (C=O) groups is 1. The molecule has 1 aliphatic heterocycles. The summed E-state index contributed by atoms with van der Waals surface area (Å²) in [6, 6.07) is 7.85. The van der Waals surface area contributed by atoms with Gasteiger partial charge in [-0.1, -0.05) is 0 Å². The molecule has 0 spiro atoms. The summed E-state index contributed by atoms with van der Waals surface area (Å²) >= 11 is 1.58. The van der Waals surface area contributed by atoms with Crippen LogP contribution in [0.3, 0.4) is 0 Å². The Labute approximate surface area is 167 Å². The van der Waals surface area contributed by atoms with Gasteiger partial charge in [0.15, 0.2) is 0 Å². The molecule has 2 aromatic heterocycles. The maximum absolute atomic E-state index is 12.4. The number of aromatic nitrogens is 4. The van der Waals surface area contributed by atoms with Crippen molar-refractivity contribution in [2.75, 3.05) is 18.2 Å². The number of amides is 1. The minimum absolute atomic E-state index is 0.0192. The van der Waals surface area contributed by atoms with Crippen molar-refractivity contribution in [1.29, 1.82) is 0 Å². The van der Waals surface area contributed by atoms with Crippen LogP contribution in [0, 0.1) is 0 Å². The Kier molecular flexibility index (Phi) is 4.66. The highest BCUT2D eigenvalue weighted by molar-refractivity contribution is 8.00. The fraction of sp³-hybridized carbons (Fsp3) is 0.350. The van der Waals surface area contributed by atoms with Gasteiger partial charge in [-0.3, -0.25) is 9.89 Å². The van der Waals surface area contributed by atoms with E-state index in [9.17, 15) is 4.79 Å². The van der Waals surface area contributed by atoms with Gasteiger partial charge < -0.3 is 10.1 Å². The first-order valence-corrected chi connectivity index (χ1v) is 10.1. The molecule has 0 bridgehead atoms. The van der Waals surface area contributed by atoms with E-state index in [1.165, 1.54) is 0 Å². The maximum atomic E-state index is 12.4. The zero-order valence-corrected chi connectivity index (χ0v) is 17.1. The second kappa shape index (κ2) is 7.01. The number of hydrogen-bond acceptors (Lipinski definition) is 5. The van der Waals surface area contributed by atoms with Crippen LogP contribution in [0.25, 0.3) is 11.3 Å². The predicted molar refractivity (Wildman–Crippen MR) is 111 cm³/mol. The number of H-pyrrole nitrogens is 1. The first-order valence-electron chi connectivity index (χ1n) is 9.06. The molecule has 2 N–H and O–H groups in total. The number of nitrogens with one attached hydrogen (secondary N) is 2. The Morgan fingerprint density at radius 2 is 1.93 bits per heavy atom. The smallest absolute Gasteiger partial charge is 0.235 e. The highest BCUT2D eigenvalue weighted by atomic mass is 32.2. The monoisotopic (exact) mass is 397 g/mol. The van der Waals surface area contributed by atoms with Crippen LogP contribution in [0.1, 0.15) is 37.1 Å². The number of methoxy groups -OCH3 is 1. The van der Waals surface area contributed by atoms with Crippen molar-refractivity contribution in [1.82, 2.24) is 20.0 Å². The van der Waals surface area contributed by atoms with Gasteiger partial charge in [-0.2, -0.15) is 10.2 Å². The molecule has 28 heavy (non-hydrogen) atoms. The lowest BCUT2D eigenvalue weighted by atomic mass is 10.0. The van der Waals surface area contributed by atoms with Crippen molar-refractivity contribution >= 4 is 23.5 Å².